The van der Waals surface area contributed by atoms with Crippen LogP contribution in [0.4, 0.5) is 11.4 Å². The van der Waals surface area contributed by atoms with Crippen molar-refractivity contribution in [2.75, 3.05) is 29.6 Å². The van der Waals surface area contributed by atoms with Gasteiger partial charge in [-0.25, -0.2) is 0 Å². The van der Waals surface area contributed by atoms with Gasteiger partial charge in [-0.2, -0.15) is 0 Å². The minimum absolute atomic E-state index is 0.0741. The lowest BCUT2D eigenvalue weighted by Crippen LogP contribution is -2.30. The Bertz CT molecular complexity index is 928. The summed E-state index contributed by atoms with van der Waals surface area (Å²) < 4.78 is 0. The van der Waals surface area contributed by atoms with Gasteiger partial charge in [0.25, 0.3) is 5.91 Å². The number of nitrogens with one attached hydrogen (secondary N) is 2. The van der Waals surface area contributed by atoms with Crippen molar-refractivity contribution in [3.8, 4) is 0 Å². The van der Waals surface area contributed by atoms with Crippen molar-refractivity contribution < 1.29 is 14.4 Å². The number of benzene rings is 2. The van der Waals surface area contributed by atoms with Gasteiger partial charge in [-0.1, -0.05) is 26.0 Å². The van der Waals surface area contributed by atoms with E-state index in [0.29, 0.717) is 30.3 Å². The molecule has 30 heavy (non-hydrogen) atoms. The Labute approximate surface area is 181 Å². The van der Waals surface area contributed by atoms with E-state index < -0.39 is 5.92 Å². The zero-order valence-electron chi connectivity index (χ0n) is 17.5. The van der Waals surface area contributed by atoms with E-state index in [0.717, 1.165) is 10.6 Å². The molecule has 0 saturated carbocycles. The van der Waals surface area contributed by atoms with Crippen LogP contribution in [0.2, 0.25) is 0 Å². The van der Waals surface area contributed by atoms with Gasteiger partial charge in [0.1, 0.15) is 0 Å². The maximum absolute atomic E-state index is 12.9. The van der Waals surface area contributed by atoms with Crippen LogP contribution in [-0.2, 0) is 9.59 Å². The third-order valence-electron chi connectivity index (χ3n) is 4.98. The van der Waals surface area contributed by atoms with E-state index in [1.165, 1.54) is 0 Å². The van der Waals surface area contributed by atoms with E-state index in [1.54, 1.807) is 40.9 Å². The molecule has 7 heteroatoms. The molecule has 0 bridgehead atoms. The number of nitrogens with zero attached hydrogens (tertiary/aromatic N) is 1. The predicted octanol–water partition coefficient (Wildman–Crippen LogP) is 3.79. The van der Waals surface area contributed by atoms with Crippen LogP contribution in [-0.4, -0.2) is 37.1 Å². The zero-order chi connectivity index (χ0) is 21.7. The maximum atomic E-state index is 12.9. The molecule has 0 radical (unpaired) electrons. The lowest BCUT2D eigenvalue weighted by atomic mass is 10.1. The average Bonchev–Trinajstić information content (AvgIpc) is 3.14. The molecule has 1 fully saturated rings. The van der Waals surface area contributed by atoms with Gasteiger partial charge < -0.3 is 15.5 Å². The Kier molecular flexibility index (Phi) is 7.15. The van der Waals surface area contributed by atoms with Gasteiger partial charge in [-0.05, 0) is 48.6 Å². The van der Waals surface area contributed by atoms with Crippen LogP contribution in [0.3, 0.4) is 0 Å². The van der Waals surface area contributed by atoms with Crippen molar-refractivity contribution in [3.05, 3.63) is 54.1 Å². The second-order valence-corrected chi connectivity index (χ2v) is 8.62. The van der Waals surface area contributed by atoms with Crippen LogP contribution in [0, 0.1) is 11.8 Å². The van der Waals surface area contributed by atoms with Crippen molar-refractivity contribution in [2.45, 2.75) is 25.2 Å². The number of para-hydroxylation sites is 1. The molecule has 0 spiro atoms. The molecule has 3 amide bonds. The maximum Gasteiger partial charge on any atom is 0.253 e. The fourth-order valence-electron chi connectivity index (χ4n) is 3.31. The number of rotatable bonds is 7. The Hall–Kier alpha value is -2.80. The number of thioether (sulfide) groups is 1. The van der Waals surface area contributed by atoms with Crippen molar-refractivity contribution in [2.24, 2.45) is 11.8 Å². The van der Waals surface area contributed by atoms with Crippen LogP contribution in [0.15, 0.2) is 53.4 Å². The first-order chi connectivity index (χ1) is 14.4. The molecule has 6 nitrogen and oxygen atoms in total. The summed E-state index contributed by atoms with van der Waals surface area (Å²) in [6.45, 7) is 4.92. The summed E-state index contributed by atoms with van der Waals surface area (Å²) in [6, 6.07) is 14.7. The highest BCUT2D eigenvalue weighted by Crippen LogP contribution is 2.28. The number of amides is 3. The van der Waals surface area contributed by atoms with Crippen LogP contribution >= 0.6 is 11.8 Å². The quantitative estimate of drug-likeness (QED) is 0.662. The molecule has 2 aromatic rings. The highest BCUT2D eigenvalue weighted by atomic mass is 32.2. The smallest absolute Gasteiger partial charge is 0.253 e. The number of hydrogen-bond acceptors (Lipinski definition) is 4. The van der Waals surface area contributed by atoms with E-state index in [4.69, 9.17) is 0 Å². The topological polar surface area (TPSA) is 78.5 Å². The summed E-state index contributed by atoms with van der Waals surface area (Å²) in [6.07, 6.45) is 2.15. The van der Waals surface area contributed by atoms with Crippen LogP contribution in [0.25, 0.3) is 0 Å². The minimum Gasteiger partial charge on any atom is -0.352 e. The van der Waals surface area contributed by atoms with Crippen molar-refractivity contribution in [1.82, 2.24) is 5.32 Å². The third kappa shape index (κ3) is 5.21. The molecule has 1 atom stereocenters. The lowest BCUT2D eigenvalue weighted by Gasteiger charge is -2.17. The number of anilines is 2. The fourth-order valence-corrected chi connectivity index (χ4v) is 3.72. The lowest BCUT2D eigenvalue weighted by molar-refractivity contribution is -0.122. The highest BCUT2D eigenvalue weighted by molar-refractivity contribution is 7.98. The molecular formula is C23H27N3O3S. The molecule has 1 heterocycles. The summed E-state index contributed by atoms with van der Waals surface area (Å²) in [5.74, 6) is -0.691. The number of carbonyl (C=O) groups excluding carboxylic acids is 3. The standard InChI is InChI=1S/C23H27N3O3S/c1-15(2)13-24-23(29)19-6-4-5-7-20(19)25-22(28)16-12-21(27)26(14-16)17-8-10-18(30-3)11-9-17/h4-11,15-16H,12-14H2,1-3H3,(H,24,29)(H,25,28). The molecule has 1 saturated heterocycles. The Morgan fingerprint density at radius 3 is 2.50 bits per heavy atom. The molecule has 1 aliphatic rings. The number of hydrogen-bond donors (Lipinski definition) is 2. The van der Waals surface area contributed by atoms with Crippen LogP contribution < -0.4 is 15.5 Å². The molecule has 1 aliphatic heterocycles. The first-order valence-corrected chi connectivity index (χ1v) is 11.2. The van der Waals surface area contributed by atoms with Crippen molar-refractivity contribution in [1.29, 1.82) is 0 Å². The second kappa shape index (κ2) is 9.80. The van der Waals surface area contributed by atoms with Crippen LogP contribution in [0.5, 0.6) is 0 Å². The fraction of sp³-hybridized carbons (Fsp3) is 0.348. The Balaban J connectivity index is 1.68. The van der Waals surface area contributed by atoms with E-state index >= 15 is 0 Å². The second-order valence-electron chi connectivity index (χ2n) is 7.74. The van der Waals surface area contributed by atoms with Gasteiger partial charge in [-0.15, -0.1) is 11.8 Å². The zero-order valence-corrected chi connectivity index (χ0v) is 18.3. The van der Waals surface area contributed by atoms with Crippen LogP contribution in [0.1, 0.15) is 30.6 Å². The van der Waals surface area contributed by atoms with E-state index in [9.17, 15) is 14.4 Å². The summed E-state index contributed by atoms with van der Waals surface area (Å²) in [4.78, 5) is 40.6. The monoisotopic (exact) mass is 425 g/mol. The van der Waals surface area contributed by atoms with E-state index in [1.807, 2.05) is 44.4 Å². The van der Waals surface area contributed by atoms with Gasteiger partial charge in [0.15, 0.2) is 0 Å². The van der Waals surface area contributed by atoms with Crippen molar-refractivity contribution in [3.63, 3.8) is 0 Å². The highest BCUT2D eigenvalue weighted by Gasteiger charge is 2.35. The molecule has 3 rings (SSSR count). The molecule has 2 aromatic carbocycles. The van der Waals surface area contributed by atoms with Gasteiger partial charge in [0.05, 0.1) is 17.2 Å². The van der Waals surface area contributed by atoms with Gasteiger partial charge in [-0.3, -0.25) is 14.4 Å². The summed E-state index contributed by atoms with van der Waals surface area (Å²) in [5, 5.41) is 5.72. The summed E-state index contributed by atoms with van der Waals surface area (Å²) in [5.41, 5.74) is 1.67. The molecule has 0 aromatic heterocycles. The Morgan fingerprint density at radius 2 is 1.83 bits per heavy atom. The molecule has 0 aliphatic carbocycles. The third-order valence-corrected chi connectivity index (χ3v) is 5.72. The average molecular weight is 426 g/mol. The van der Waals surface area contributed by atoms with Crippen molar-refractivity contribution >= 4 is 40.9 Å². The SMILES string of the molecule is CSc1ccc(N2CC(C(=O)Nc3ccccc3C(=O)NCC(C)C)CC2=O)cc1. The molecule has 158 valence electrons. The largest absolute Gasteiger partial charge is 0.352 e. The first kappa shape index (κ1) is 21.9. The molecule has 1 unspecified atom stereocenters. The minimum atomic E-state index is -0.468. The van der Waals surface area contributed by atoms with Gasteiger partial charge in [0.2, 0.25) is 11.8 Å². The first-order valence-electron chi connectivity index (χ1n) is 10.0. The normalized spacial score (nSPS) is 16.1. The number of carbonyl (C=O) groups is 3. The summed E-state index contributed by atoms with van der Waals surface area (Å²) >= 11 is 1.64. The van der Waals surface area contributed by atoms with Gasteiger partial charge in [0, 0.05) is 30.1 Å². The Morgan fingerprint density at radius 1 is 1.13 bits per heavy atom. The summed E-state index contributed by atoms with van der Waals surface area (Å²) in [7, 11) is 0. The van der Waals surface area contributed by atoms with E-state index in [2.05, 4.69) is 10.6 Å². The van der Waals surface area contributed by atoms with E-state index in [-0.39, 0.29) is 24.1 Å². The molecular weight excluding hydrogens is 398 g/mol. The predicted molar refractivity (Wildman–Crippen MR) is 121 cm³/mol. The molecule has 2 N–H and O–H groups in total. The van der Waals surface area contributed by atoms with Gasteiger partial charge >= 0.3 is 0 Å².